The van der Waals surface area contributed by atoms with Crippen molar-refractivity contribution in [2.45, 2.75) is 91.0 Å². The van der Waals surface area contributed by atoms with Crippen molar-refractivity contribution >= 4 is 16.9 Å². The normalized spacial score (nSPS) is 24.5. The van der Waals surface area contributed by atoms with Gasteiger partial charge in [-0.3, -0.25) is 9.36 Å². The molecule has 1 heterocycles. The topological polar surface area (TPSA) is 52.2 Å². The summed E-state index contributed by atoms with van der Waals surface area (Å²) >= 11 is 0. The number of allylic oxidation sites excluding steroid dienone is 2. The molecular weight excluding hydrogens is 386 g/mol. The fourth-order valence-electron chi connectivity index (χ4n) is 6.09. The van der Waals surface area contributed by atoms with E-state index < -0.39 is 0 Å². The average molecular weight is 424 g/mol. The number of oxazole rings is 1. The molecule has 0 aliphatic heterocycles. The standard InChI is InChI=1S/C27H37NO3/c1-20-11-12-22(10-8-17-27(20)15-5-3-6-16-27)9-4-7-18-28-24-14-13-23(21(2)29)19-25(24)31-26(28)30/h4,7,13-14,19-20,22H,3,5-6,8-12,15-18H2,1-2H3. The van der Waals surface area contributed by atoms with Crippen LogP contribution in [-0.4, -0.2) is 10.4 Å². The number of Topliss-reactive ketones (excluding diaryl/α,β-unsaturated/α-hetero) is 1. The Balaban J connectivity index is 1.34. The van der Waals surface area contributed by atoms with Crippen molar-refractivity contribution in [2.75, 3.05) is 0 Å². The highest BCUT2D eigenvalue weighted by molar-refractivity contribution is 5.96. The third kappa shape index (κ3) is 4.88. The number of benzene rings is 1. The lowest BCUT2D eigenvalue weighted by Gasteiger charge is -2.44. The van der Waals surface area contributed by atoms with Crippen LogP contribution >= 0.6 is 0 Å². The van der Waals surface area contributed by atoms with Crippen LogP contribution in [0.25, 0.3) is 11.1 Å². The highest BCUT2D eigenvalue weighted by atomic mass is 16.4. The van der Waals surface area contributed by atoms with Gasteiger partial charge in [-0.05, 0) is 80.9 Å². The van der Waals surface area contributed by atoms with Gasteiger partial charge in [-0.1, -0.05) is 51.2 Å². The zero-order valence-corrected chi connectivity index (χ0v) is 19.2. The molecule has 4 nitrogen and oxygen atoms in total. The Morgan fingerprint density at radius 1 is 1.10 bits per heavy atom. The van der Waals surface area contributed by atoms with Crippen molar-refractivity contribution in [3.05, 3.63) is 46.5 Å². The second kappa shape index (κ2) is 9.58. The minimum Gasteiger partial charge on any atom is -0.408 e. The highest BCUT2D eigenvalue weighted by Gasteiger charge is 2.37. The molecule has 4 heteroatoms. The fraction of sp³-hybridized carbons (Fsp3) is 0.630. The average Bonchev–Trinajstić information content (AvgIpc) is 3.08. The summed E-state index contributed by atoms with van der Waals surface area (Å²) in [6.45, 7) is 4.54. The molecule has 1 aromatic carbocycles. The lowest BCUT2D eigenvalue weighted by molar-refractivity contribution is 0.0677. The maximum absolute atomic E-state index is 12.3. The van der Waals surface area contributed by atoms with Crippen molar-refractivity contribution in [3.8, 4) is 0 Å². The Kier molecular flexibility index (Phi) is 6.83. The molecule has 1 aromatic heterocycles. The Bertz CT molecular complexity index is 990. The first kappa shape index (κ1) is 22.1. The van der Waals surface area contributed by atoms with Crippen LogP contribution in [0.15, 0.2) is 39.6 Å². The predicted molar refractivity (Wildman–Crippen MR) is 125 cm³/mol. The fourth-order valence-corrected chi connectivity index (χ4v) is 6.09. The van der Waals surface area contributed by atoms with E-state index in [2.05, 4.69) is 19.1 Å². The summed E-state index contributed by atoms with van der Waals surface area (Å²) in [5.74, 6) is 1.23. The molecule has 2 aliphatic carbocycles. The lowest BCUT2D eigenvalue weighted by Crippen LogP contribution is -2.33. The Hall–Kier alpha value is -2.10. The van der Waals surface area contributed by atoms with Crippen LogP contribution in [0.4, 0.5) is 0 Å². The molecule has 31 heavy (non-hydrogen) atoms. The van der Waals surface area contributed by atoms with E-state index in [4.69, 9.17) is 4.42 Å². The molecule has 0 radical (unpaired) electrons. The third-order valence-corrected chi connectivity index (χ3v) is 8.19. The van der Waals surface area contributed by atoms with Gasteiger partial charge in [-0.2, -0.15) is 0 Å². The number of ketones is 1. The largest absolute Gasteiger partial charge is 0.420 e. The first-order valence-electron chi connectivity index (χ1n) is 12.3. The molecule has 2 atom stereocenters. The Morgan fingerprint density at radius 3 is 2.65 bits per heavy atom. The molecule has 4 rings (SSSR count). The molecule has 2 unspecified atom stereocenters. The van der Waals surface area contributed by atoms with E-state index in [9.17, 15) is 9.59 Å². The van der Waals surface area contributed by atoms with Gasteiger partial charge in [-0.15, -0.1) is 0 Å². The molecule has 168 valence electrons. The second-order valence-electron chi connectivity index (χ2n) is 10.1. The Morgan fingerprint density at radius 2 is 1.87 bits per heavy atom. The first-order chi connectivity index (χ1) is 15.0. The van der Waals surface area contributed by atoms with Crippen molar-refractivity contribution in [3.63, 3.8) is 0 Å². The monoisotopic (exact) mass is 423 g/mol. The summed E-state index contributed by atoms with van der Waals surface area (Å²) in [6, 6.07) is 5.23. The van der Waals surface area contributed by atoms with Gasteiger partial charge in [0, 0.05) is 12.1 Å². The third-order valence-electron chi connectivity index (χ3n) is 8.19. The van der Waals surface area contributed by atoms with Crippen LogP contribution in [0, 0.1) is 17.3 Å². The summed E-state index contributed by atoms with van der Waals surface area (Å²) in [5.41, 5.74) is 2.44. The van der Waals surface area contributed by atoms with E-state index in [0.29, 0.717) is 23.1 Å². The molecule has 0 bridgehead atoms. The van der Waals surface area contributed by atoms with Crippen molar-refractivity contribution in [1.29, 1.82) is 0 Å². The van der Waals surface area contributed by atoms with Gasteiger partial charge in [-0.25, -0.2) is 4.79 Å². The SMILES string of the molecule is CC(=O)c1ccc2c(c1)oc(=O)n2CC=CCC1CCCC2(CCCCC2)C(C)CC1. The lowest BCUT2D eigenvalue weighted by atomic mass is 9.61. The number of aromatic nitrogens is 1. The van der Waals surface area contributed by atoms with Crippen molar-refractivity contribution < 1.29 is 9.21 Å². The number of nitrogens with zero attached hydrogens (tertiary/aromatic N) is 1. The maximum Gasteiger partial charge on any atom is 0.420 e. The van der Waals surface area contributed by atoms with E-state index in [-0.39, 0.29) is 11.5 Å². The van der Waals surface area contributed by atoms with E-state index in [1.807, 2.05) is 6.07 Å². The number of hydrogen-bond acceptors (Lipinski definition) is 3. The first-order valence-corrected chi connectivity index (χ1v) is 12.3. The molecule has 2 aliphatic rings. The molecule has 0 N–H and O–H groups in total. The zero-order chi connectivity index (χ0) is 21.8. The zero-order valence-electron chi connectivity index (χ0n) is 19.2. The smallest absolute Gasteiger partial charge is 0.408 e. The number of carbonyl (C=O) groups is 1. The summed E-state index contributed by atoms with van der Waals surface area (Å²) in [4.78, 5) is 23.8. The summed E-state index contributed by atoms with van der Waals surface area (Å²) in [7, 11) is 0. The number of carbonyl (C=O) groups excluding carboxylic acids is 1. The molecule has 0 amide bonds. The molecule has 2 aromatic rings. The number of fused-ring (bicyclic) bond motifs is 1. The number of hydrogen-bond donors (Lipinski definition) is 0. The minimum absolute atomic E-state index is 0.0277. The quantitative estimate of drug-likeness (QED) is 0.388. The van der Waals surface area contributed by atoms with Crippen LogP contribution in [0.2, 0.25) is 0 Å². The van der Waals surface area contributed by atoms with Crippen LogP contribution in [0.3, 0.4) is 0 Å². The van der Waals surface area contributed by atoms with E-state index in [1.165, 1.54) is 71.1 Å². The van der Waals surface area contributed by atoms with Crippen LogP contribution in [0.5, 0.6) is 0 Å². The second-order valence-corrected chi connectivity index (χ2v) is 10.1. The van der Waals surface area contributed by atoms with Crippen LogP contribution < -0.4 is 5.76 Å². The van der Waals surface area contributed by atoms with E-state index >= 15 is 0 Å². The summed E-state index contributed by atoms with van der Waals surface area (Å²) < 4.78 is 7.00. The number of rotatable bonds is 5. The van der Waals surface area contributed by atoms with Gasteiger partial charge in [0.25, 0.3) is 0 Å². The van der Waals surface area contributed by atoms with Crippen LogP contribution in [-0.2, 0) is 6.54 Å². The van der Waals surface area contributed by atoms with E-state index in [0.717, 1.165) is 23.8 Å². The molecule has 2 fully saturated rings. The molecule has 1 spiro atoms. The van der Waals surface area contributed by atoms with Gasteiger partial charge in [0.1, 0.15) is 0 Å². The summed E-state index contributed by atoms with van der Waals surface area (Å²) in [5, 5.41) is 0. The Labute approximate surface area is 185 Å². The van der Waals surface area contributed by atoms with Gasteiger partial charge in [0.2, 0.25) is 0 Å². The van der Waals surface area contributed by atoms with Gasteiger partial charge >= 0.3 is 5.76 Å². The minimum atomic E-state index is -0.363. The van der Waals surface area contributed by atoms with Crippen molar-refractivity contribution in [2.24, 2.45) is 17.3 Å². The molecule has 2 saturated carbocycles. The van der Waals surface area contributed by atoms with Gasteiger partial charge in [0.05, 0.1) is 5.52 Å². The van der Waals surface area contributed by atoms with Crippen molar-refractivity contribution in [1.82, 2.24) is 4.57 Å². The highest BCUT2D eigenvalue weighted by Crippen LogP contribution is 2.50. The van der Waals surface area contributed by atoms with Gasteiger partial charge < -0.3 is 4.42 Å². The van der Waals surface area contributed by atoms with E-state index in [1.54, 1.807) is 16.7 Å². The van der Waals surface area contributed by atoms with Gasteiger partial charge in [0.15, 0.2) is 11.4 Å². The maximum atomic E-state index is 12.3. The molecule has 0 saturated heterocycles. The summed E-state index contributed by atoms with van der Waals surface area (Å²) in [6.07, 6.45) is 19.5. The molecular formula is C27H37NO3. The predicted octanol–water partition coefficient (Wildman–Crippen LogP) is 6.91. The van der Waals surface area contributed by atoms with Crippen LogP contribution in [0.1, 0.15) is 94.8 Å².